The van der Waals surface area contributed by atoms with Crippen molar-refractivity contribution in [3.63, 3.8) is 0 Å². The SMILES string of the molecule is CCN1CCN(c2ccc(Cl)cc2NC(=O)Cn2c(=O)c3c(ncn3C)n(C)c2=O)CC1. The van der Waals surface area contributed by atoms with Crippen LogP contribution < -0.4 is 21.5 Å². The van der Waals surface area contributed by atoms with E-state index in [0.29, 0.717) is 10.7 Å². The number of anilines is 2. The van der Waals surface area contributed by atoms with Gasteiger partial charge in [-0.2, -0.15) is 0 Å². The van der Waals surface area contributed by atoms with Gasteiger partial charge in [-0.1, -0.05) is 18.5 Å². The summed E-state index contributed by atoms with van der Waals surface area (Å²) in [7, 11) is 3.19. The number of piperazine rings is 1. The number of aromatic nitrogens is 4. The summed E-state index contributed by atoms with van der Waals surface area (Å²) in [5, 5.41) is 3.33. The van der Waals surface area contributed by atoms with Gasteiger partial charge in [0.05, 0.1) is 17.7 Å². The van der Waals surface area contributed by atoms with Crippen LogP contribution in [0.25, 0.3) is 11.2 Å². The Kier molecular flexibility index (Phi) is 6.07. The molecule has 11 heteroatoms. The number of imidazole rings is 1. The number of nitrogens with zero attached hydrogens (tertiary/aromatic N) is 6. The molecule has 2 aromatic heterocycles. The molecule has 4 rings (SSSR count). The molecule has 10 nitrogen and oxygen atoms in total. The van der Waals surface area contributed by atoms with E-state index in [2.05, 4.69) is 27.0 Å². The van der Waals surface area contributed by atoms with E-state index in [0.717, 1.165) is 43.0 Å². The second-order valence-electron chi connectivity index (χ2n) is 7.89. The molecule has 170 valence electrons. The van der Waals surface area contributed by atoms with E-state index in [-0.39, 0.29) is 11.2 Å². The molecule has 1 aromatic carbocycles. The molecule has 0 spiro atoms. The first-order valence-electron chi connectivity index (χ1n) is 10.5. The number of likely N-dealkylation sites (N-methyl/N-ethyl adjacent to an activating group) is 1. The maximum absolute atomic E-state index is 12.9. The number of hydrogen-bond donors (Lipinski definition) is 1. The molecule has 0 radical (unpaired) electrons. The van der Waals surface area contributed by atoms with Crippen molar-refractivity contribution < 1.29 is 4.79 Å². The van der Waals surface area contributed by atoms with Crippen molar-refractivity contribution in [3.05, 3.63) is 50.4 Å². The molecule has 0 bridgehead atoms. The number of carbonyl (C=O) groups excluding carboxylic acids is 1. The fourth-order valence-corrected chi connectivity index (χ4v) is 4.23. The summed E-state index contributed by atoms with van der Waals surface area (Å²) in [6, 6.07) is 5.36. The Balaban J connectivity index is 1.61. The predicted octanol–water partition coefficient (Wildman–Crippen LogP) is 0.868. The molecular weight excluding hydrogens is 434 g/mol. The van der Waals surface area contributed by atoms with Gasteiger partial charge in [0.2, 0.25) is 5.91 Å². The normalized spacial score (nSPS) is 14.8. The van der Waals surface area contributed by atoms with Gasteiger partial charge in [0.15, 0.2) is 11.2 Å². The first kappa shape index (κ1) is 22.1. The Morgan fingerprint density at radius 2 is 1.88 bits per heavy atom. The van der Waals surface area contributed by atoms with Crippen LogP contribution in [0.5, 0.6) is 0 Å². The van der Waals surface area contributed by atoms with Gasteiger partial charge in [0.1, 0.15) is 6.54 Å². The van der Waals surface area contributed by atoms with Crippen LogP contribution in [0.2, 0.25) is 5.02 Å². The van der Waals surface area contributed by atoms with Crippen LogP contribution in [0.4, 0.5) is 11.4 Å². The first-order chi connectivity index (χ1) is 15.3. The van der Waals surface area contributed by atoms with Crippen LogP contribution in [0, 0.1) is 0 Å². The summed E-state index contributed by atoms with van der Waals surface area (Å²) in [4.78, 5) is 47.1. The van der Waals surface area contributed by atoms with Crippen molar-refractivity contribution in [2.24, 2.45) is 14.1 Å². The quantitative estimate of drug-likeness (QED) is 0.608. The second kappa shape index (κ2) is 8.79. The molecule has 1 saturated heterocycles. The van der Waals surface area contributed by atoms with E-state index in [4.69, 9.17) is 11.6 Å². The van der Waals surface area contributed by atoms with Crippen LogP contribution in [0.15, 0.2) is 34.1 Å². The molecule has 0 saturated carbocycles. The van der Waals surface area contributed by atoms with Crippen LogP contribution >= 0.6 is 11.6 Å². The number of aryl methyl sites for hydroxylation is 2. The third-order valence-electron chi connectivity index (χ3n) is 5.90. The van der Waals surface area contributed by atoms with Crippen LogP contribution in [0.3, 0.4) is 0 Å². The zero-order chi connectivity index (χ0) is 23.0. The smallest absolute Gasteiger partial charge is 0.332 e. The monoisotopic (exact) mass is 459 g/mol. The number of fused-ring (bicyclic) bond motifs is 1. The summed E-state index contributed by atoms with van der Waals surface area (Å²) < 4.78 is 3.72. The topological polar surface area (TPSA) is 97.4 Å². The van der Waals surface area contributed by atoms with E-state index in [1.54, 1.807) is 19.2 Å². The highest BCUT2D eigenvalue weighted by Crippen LogP contribution is 2.30. The van der Waals surface area contributed by atoms with E-state index >= 15 is 0 Å². The number of halogens is 1. The minimum absolute atomic E-state index is 0.261. The maximum Gasteiger partial charge on any atom is 0.332 e. The van der Waals surface area contributed by atoms with E-state index in [9.17, 15) is 14.4 Å². The lowest BCUT2D eigenvalue weighted by molar-refractivity contribution is -0.116. The lowest BCUT2D eigenvalue weighted by Gasteiger charge is -2.36. The molecule has 0 atom stereocenters. The Morgan fingerprint density at radius 3 is 2.56 bits per heavy atom. The molecule has 1 fully saturated rings. The molecule has 32 heavy (non-hydrogen) atoms. The third-order valence-corrected chi connectivity index (χ3v) is 6.13. The van der Waals surface area contributed by atoms with Crippen molar-refractivity contribution in [2.45, 2.75) is 13.5 Å². The minimum Gasteiger partial charge on any atom is -0.367 e. The van der Waals surface area contributed by atoms with Crippen molar-refractivity contribution in [2.75, 3.05) is 42.9 Å². The lowest BCUT2D eigenvalue weighted by atomic mass is 10.2. The predicted molar refractivity (Wildman–Crippen MR) is 125 cm³/mol. The van der Waals surface area contributed by atoms with E-state index < -0.39 is 23.7 Å². The highest BCUT2D eigenvalue weighted by molar-refractivity contribution is 6.31. The Bertz CT molecular complexity index is 1290. The molecule has 0 unspecified atom stereocenters. The molecule has 1 aliphatic heterocycles. The van der Waals surface area contributed by atoms with Gasteiger partial charge in [-0.3, -0.25) is 14.2 Å². The summed E-state index contributed by atoms with van der Waals surface area (Å²) in [6.07, 6.45) is 1.46. The van der Waals surface area contributed by atoms with Gasteiger partial charge in [-0.25, -0.2) is 14.3 Å². The second-order valence-corrected chi connectivity index (χ2v) is 8.33. The van der Waals surface area contributed by atoms with Crippen LogP contribution in [-0.4, -0.2) is 62.2 Å². The van der Waals surface area contributed by atoms with Crippen molar-refractivity contribution in [1.29, 1.82) is 0 Å². The summed E-state index contributed by atoms with van der Waals surface area (Å²) in [5.41, 5.74) is 0.804. The van der Waals surface area contributed by atoms with E-state index in [1.807, 2.05) is 6.07 Å². The Morgan fingerprint density at radius 1 is 1.16 bits per heavy atom. The number of nitrogens with one attached hydrogen (secondary N) is 1. The van der Waals surface area contributed by atoms with Gasteiger partial charge in [0.25, 0.3) is 5.56 Å². The van der Waals surface area contributed by atoms with Gasteiger partial charge in [-0.15, -0.1) is 0 Å². The number of rotatable bonds is 5. The molecular formula is C21H26ClN7O3. The number of benzene rings is 1. The standard InChI is InChI=1S/C21H26ClN7O3/c1-4-27-7-9-28(10-8-27)16-6-5-14(22)11-15(16)24-17(30)12-29-20(31)18-19(23-13-25(18)2)26(3)21(29)32/h5-6,11,13H,4,7-10,12H2,1-3H3,(H,24,30). The zero-order valence-corrected chi connectivity index (χ0v) is 19.1. The molecule has 1 aliphatic rings. The molecule has 3 aromatic rings. The lowest BCUT2D eigenvalue weighted by Crippen LogP contribution is -2.46. The fraction of sp³-hybridized carbons (Fsp3) is 0.429. The first-order valence-corrected chi connectivity index (χ1v) is 10.9. The van der Waals surface area contributed by atoms with Gasteiger partial charge >= 0.3 is 5.69 Å². The van der Waals surface area contributed by atoms with Crippen molar-refractivity contribution in [1.82, 2.24) is 23.6 Å². The molecule has 1 N–H and O–H groups in total. The Hall–Kier alpha value is -3.11. The van der Waals surface area contributed by atoms with Crippen molar-refractivity contribution in [3.8, 4) is 0 Å². The van der Waals surface area contributed by atoms with Gasteiger partial charge in [0, 0.05) is 45.3 Å². The average molecular weight is 460 g/mol. The highest BCUT2D eigenvalue weighted by atomic mass is 35.5. The van der Waals surface area contributed by atoms with Crippen LogP contribution in [0.1, 0.15) is 6.92 Å². The zero-order valence-electron chi connectivity index (χ0n) is 18.3. The van der Waals surface area contributed by atoms with Gasteiger partial charge < -0.3 is 19.7 Å². The van der Waals surface area contributed by atoms with Crippen LogP contribution in [-0.2, 0) is 25.4 Å². The van der Waals surface area contributed by atoms with Gasteiger partial charge in [-0.05, 0) is 24.7 Å². The molecule has 0 aliphatic carbocycles. The minimum atomic E-state index is -0.599. The summed E-state index contributed by atoms with van der Waals surface area (Å²) >= 11 is 6.19. The largest absolute Gasteiger partial charge is 0.367 e. The molecule has 3 heterocycles. The van der Waals surface area contributed by atoms with Crippen molar-refractivity contribution >= 4 is 40.0 Å². The summed E-state index contributed by atoms with van der Waals surface area (Å²) in [5.74, 6) is -0.485. The fourth-order valence-electron chi connectivity index (χ4n) is 4.06. The highest BCUT2D eigenvalue weighted by Gasteiger charge is 2.21. The Labute approximate surface area is 189 Å². The average Bonchev–Trinajstić information content (AvgIpc) is 3.17. The number of carbonyl (C=O) groups is 1. The third kappa shape index (κ3) is 4.03. The molecule has 1 amide bonds. The number of hydrogen-bond acceptors (Lipinski definition) is 6. The van der Waals surface area contributed by atoms with E-state index in [1.165, 1.54) is 22.5 Å². The summed E-state index contributed by atoms with van der Waals surface area (Å²) in [6.45, 7) is 6.25. The number of amides is 1. The maximum atomic E-state index is 12.9.